The van der Waals surface area contributed by atoms with Gasteiger partial charge in [-0.05, 0) is 32.0 Å². The van der Waals surface area contributed by atoms with Crippen LogP contribution in [0, 0.1) is 27.6 Å². The fourth-order valence-electron chi connectivity index (χ4n) is 2.31. The number of nitro groups is 1. The van der Waals surface area contributed by atoms with Gasteiger partial charge in [0.15, 0.2) is 23.6 Å². The maximum atomic E-state index is 13.7. The minimum absolute atomic E-state index is 0.0148. The van der Waals surface area contributed by atoms with Crippen molar-refractivity contribution in [1.29, 1.82) is 0 Å². The van der Waals surface area contributed by atoms with E-state index in [4.69, 9.17) is 9.47 Å². The van der Waals surface area contributed by atoms with Gasteiger partial charge in [0, 0.05) is 12.1 Å². The first-order valence-electron chi connectivity index (χ1n) is 8.67. The van der Waals surface area contributed by atoms with E-state index < -0.39 is 63.3 Å². The van der Waals surface area contributed by atoms with Gasteiger partial charge in [-0.25, -0.2) is 22.8 Å². The number of amides is 1. The summed E-state index contributed by atoms with van der Waals surface area (Å²) in [5, 5.41) is 13.0. The van der Waals surface area contributed by atoms with Gasteiger partial charge >= 0.3 is 11.9 Å². The molecule has 2 rings (SSSR count). The summed E-state index contributed by atoms with van der Waals surface area (Å²) in [6, 6.07) is 4.06. The standard InChI is InChI=1S/C19H15F3N2O7/c1-3-30-18(26)10-6-11(8-12(7-10)24(28)29)19(27)31-9(2)17(25)23-14-5-4-13(20)15(21)16(14)22/h4-9H,3H2,1-2H3,(H,23,25). The van der Waals surface area contributed by atoms with Crippen LogP contribution in [0.5, 0.6) is 0 Å². The lowest BCUT2D eigenvalue weighted by molar-refractivity contribution is -0.384. The molecule has 1 amide bonds. The van der Waals surface area contributed by atoms with E-state index in [1.54, 1.807) is 0 Å². The second kappa shape index (κ2) is 9.69. The number of non-ortho nitro benzene ring substituents is 1. The van der Waals surface area contributed by atoms with Crippen LogP contribution in [0.1, 0.15) is 34.6 Å². The number of rotatable bonds is 7. The smallest absolute Gasteiger partial charge is 0.339 e. The second-order valence-corrected chi connectivity index (χ2v) is 6.01. The number of nitrogens with one attached hydrogen (secondary N) is 1. The molecule has 0 bridgehead atoms. The van der Waals surface area contributed by atoms with E-state index in [1.807, 2.05) is 5.32 Å². The summed E-state index contributed by atoms with van der Waals surface area (Å²) in [7, 11) is 0. The van der Waals surface area contributed by atoms with E-state index in [1.165, 1.54) is 6.92 Å². The first-order valence-corrected chi connectivity index (χ1v) is 8.67. The molecule has 0 aliphatic heterocycles. The Morgan fingerprint density at radius 1 is 1.06 bits per heavy atom. The number of halogens is 3. The fraction of sp³-hybridized carbons (Fsp3) is 0.211. The Morgan fingerprint density at radius 2 is 1.68 bits per heavy atom. The van der Waals surface area contributed by atoms with Gasteiger partial charge in [-0.2, -0.15) is 0 Å². The Labute approximate surface area is 172 Å². The maximum absolute atomic E-state index is 13.7. The average molecular weight is 440 g/mol. The number of hydrogen-bond donors (Lipinski definition) is 1. The van der Waals surface area contributed by atoms with Crippen LogP contribution in [0.2, 0.25) is 0 Å². The molecule has 2 aromatic rings. The van der Waals surface area contributed by atoms with Crippen LogP contribution in [0.4, 0.5) is 24.5 Å². The molecule has 0 aromatic heterocycles. The number of nitrogens with zero attached hydrogens (tertiary/aromatic N) is 1. The number of esters is 2. The minimum Gasteiger partial charge on any atom is -0.462 e. The third-order valence-electron chi connectivity index (χ3n) is 3.82. The molecule has 12 heteroatoms. The number of benzene rings is 2. The summed E-state index contributed by atoms with van der Waals surface area (Å²) in [6.45, 7) is 2.59. The van der Waals surface area contributed by atoms with E-state index in [-0.39, 0.29) is 12.2 Å². The number of anilines is 1. The highest BCUT2D eigenvalue weighted by molar-refractivity contribution is 5.99. The minimum atomic E-state index is -1.80. The van der Waals surface area contributed by atoms with Gasteiger partial charge in [-0.15, -0.1) is 0 Å². The number of ether oxygens (including phenoxy) is 2. The molecule has 0 saturated carbocycles. The van der Waals surface area contributed by atoms with Gasteiger partial charge in [0.2, 0.25) is 0 Å². The summed E-state index contributed by atoms with van der Waals surface area (Å²) in [5.41, 5.74) is -2.00. The number of hydrogen-bond acceptors (Lipinski definition) is 7. The molecule has 0 saturated heterocycles. The lowest BCUT2D eigenvalue weighted by Crippen LogP contribution is -2.30. The van der Waals surface area contributed by atoms with Crippen LogP contribution < -0.4 is 5.32 Å². The molecule has 0 heterocycles. The SMILES string of the molecule is CCOC(=O)c1cc(C(=O)OC(C)C(=O)Nc2ccc(F)c(F)c2F)cc([N+](=O)[O-])c1. The highest BCUT2D eigenvalue weighted by atomic mass is 19.2. The summed E-state index contributed by atoms with van der Waals surface area (Å²) in [5.74, 6) is -8.12. The lowest BCUT2D eigenvalue weighted by Gasteiger charge is -2.14. The Morgan fingerprint density at radius 3 is 2.26 bits per heavy atom. The van der Waals surface area contributed by atoms with Crippen LogP contribution in [0.3, 0.4) is 0 Å². The summed E-state index contributed by atoms with van der Waals surface area (Å²) in [4.78, 5) is 46.5. The third kappa shape index (κ3) is 5.56. The zero-order valence-electron chi connectivity index (χ0n) is 16.1. The zero-order chi connectivity index (χ0) is 23.3. The summed E-state index contributed by atoms with van der Waals surface area (Å²) >= 11 is 0. The van der Waals surface area contributed by atoms with Crippen molar-refractivity contribution in [3.05, 3.63) is 69.0 Å². The quantitative estimate of drug-likeness (QED) is 0.303. The average Bonchev–Trinajstić information content (AvgIpc) is 2.73. The van der Waals surface area contributed by atoms with Crippen molar-refractivity contribution in [2.75, 3.05) is 11.9 Å². The molecule has 0 aliphatic rings. The Balaban J connectivity index is 2.20. The molecule has 0 fully saturated rings. The number of carbonyl (C=O) groups excluding carboxylic acids is 3. The monoisotopic (exact) mass is 440 g/mol. The Hall–Kier alpha value is -3.96. The van der Waals surface area contributed by atoms with Crippen LogP contribution in [0.25, 0.3) is 0 Å². The molecule has 164 valence electrons. The van der Waals surface area contributed by atoms with Gasteiger partial charge in [-0.1, -0.05) is 0 Å². The highest BCUT2D eigenvalue weighted by Crippen LogP contribution is 2.21. The first-order chi connectivity index (χ1) is 14.5. The highest BCUT2D eigenvalue weighted by Gasteiger charge is 2.24. The van der Waals surface area contributed by atoms with E-state index in [0.717, 1.165) is 31.2 Å². The van der Waals surface area contributed by atoms with Gasteiger partial charge in [-0.3, -0.25) is 14.9 Å². The third-order valence-corrected chi connectivity index (χ3v) is 3.82. The lowest BCUT2D eigenvalue weighted by atomic mass is 10.1. The topological polar surface area (TPSA) is 125 Å². The van der Waals surface area contributed by atoms with E-state index >= 15 is 0 Å². The van der Waals surface area contributed by atoms with E-state index in [2.05, 4.69) is 0 Å². The van der Waals surface area contributed by atoms with Crippen LogP contribution in [-0.4, -0.2) is 35.5 Å². The maximum Gasteiger partial charge on any atom is 0.339 e. The first kappa shape index (κ1) is 23.3. The normalized spacial score (nSPS) is 11.4. The largest absolute Gasteiger partial charge is 0.462 e. The molecule has 1 atom stereocenters. The second-order valence-electron chi connectivity index (χ2n) is 6.01. The van der Waals surface area contributed by atoms with Crippen molar-refractivity contribution in [1.82, 2.24) is 0 Å². The van der Waals surface area contributed by atoms with Crippen molar-refractivity contribution < 1.29 is 42.0 Å². The summed E-state index contributed by atoms with van der Waals surface area (Å²) < 4.78 is 49.5. The predicted molar refractivity (Wildman–Crippen MR) is 98.9 cm³/mol. The van der Waals surface area contributed by atoms with Gasteiger partial charge in [0.1, 0.15) is 0 Å². The molecular formula is C19H15F3N2O7. The van der Waals surface area contributed by atoms with Crippen molar-refractivity contribution in [2.45, 2.75) is 20.0 Å². The van der Waals surface area contributed by atoms with Crippen molar-refractivity contribution in [2.24, 2.45) is 0 Å². The van der Waals surface area contributed by atoms with Crippen LogP contribution in [0.15, 0.2) is 30.3 Å². The molecule has 0 radical (unpaired) electrons. The number of nitro benzene ring substituents is 1. The van der Waals surface area contributed by atoms with Gasteiger partial charge < -0.3 is 14.8 Å². The Bertz CT molecular complexity index is 1060. The number of carbonyl (C=O) groups is 3. The van der Waals surface area contributed by atoms with Gasteiger partial charge in [0.05, 0.1) is 28.3 Å². The molecule has 1 unspecified atom stereocenters. The molecule has 9 nitrogen and oxygen atoms in total. The Kier molecular flexibility index (Phi) is 7.29. The molecule has 31 heavy (non-hydrogen) atoms. The molecule has 2 aromatic carbocycles. The molecule has 1 N–H and O–H groups in total. The molecule has 0 spiro atoms. The van der Waals surface area contributed by atoms with Crippen LogP contribution >= 0.6 is 0 Å². The predicted octanol–water partition coefficient (Wildman–Crippen LogP) is 3.37. The van der Waals surface area contributed by atoms with Crippen LogP contribution in [-0.2, 0) is 14.3 Å². The van der Waals surface area contributed by atoms with E-state index in [0.29, 0.717) is 6.07 Å². The van der Waals surface area contributed by atoms with Crippen molar-refractivity contribution in [3.8, 4) is 0 Å². The van der Waals surface area contributed by atoms with Crippen molar-refractivity contribution in [3.63, 3.8) is 0 Å². The summed E-state index contributed by atoms with van der Waals surface area (Å²) in [6.07, 6.45) is -1.56. The zero-order valence-corrected chi connectivity index (χ0v) is 16.1. The van der Waals surface area contributed by atoms with Crippen molar-refractivity contribution >= 4 is 29.2 Å². The molecular weight excluding hydrogens is 425 g/mol. The van der Waals surface area contributed by atoms with E-state index in [9.17, 15) is 37.7 Å². The van der Waals surface area contributed by atoms with Gasteiger partial charge in [0.25, 0.3) is 11.6 Å². The fourth-order valence-corrected chi connectivity index (χ4v) is 2.31. The molecule has 0 aliphatic carbocycles.